The number of aromatic nitrogens is 4. The molecule has 3 heterocycles. The van der Waals surface area contributed by atoms with E-state index in [0.717, 1.165) is 35.7 Å². The maximum atomic E-state index is 13.4. The first-order chi connectivity index (χ1) is 15.5. The van der Waals surface area contributed by atoms with Gasteiger partial charge in [-0.2, -0.15) is 4.52 Å². The number of amides is 1. The topological polar surface area (TPSA) is 84.2 Å². The molecule has 0 saturated carbocycles. The zero-order valence-electron chi connectivity index (χ0n) is 18.1. The van der Waals surface area contributed by atoms with E-state index in [4.69, 9.17) is 9.97 Å². The SMILES string of the molecule is CC(C)c1cccc2c1nc(N[C@@H]1CCCCNC1=O)n1nc(-c3ccc(F)cc3)nc21. The Morgan fingerprint density at radius 1 is 1.12 bits per heavy atom. The van der Waals surface area contributed by atoms with Crippen molar-refractivity contribution in [2.24, 2.45) is 0 Å². The third-order valence-corrected chi connectivity index (χ3v) is 5.90. The first-order valence-electron chi connectivity index (χ1n) is 11.0. The van der Waals surface area contributed by atoms with Crippen LogP contribution >= 0.6 is 0 Å². The Morgan fingerprint density at radius 2 is 1.94 bits per heavy atom. The Kier molecular flexibility index (Phi) is 5.20. The highest BCUT2D eigenvalue weighted by molar-refractivity contribution is 5.95. The van der Waals surface area contributed by atoms with Crippen molar-refractivity contribution < 1.29 is 9.18 Å². The number of rotatable bonds is 4. The predicted molar refractivity (Wildman–Crippen MR) is 122 cm³/mol. The third kappa shape index (κ3) is 3.66. The molecule has 0 unspecified atom stereocenters. The molecular formula is C24H25FN6O. The maximum Gasteiger partial charge on any atom is 0.242 e. The molecule has 1 saturated heterocycles. The number of nitrogens with zero attached hydrogens (tertiary/aromatic N) is 4. The lowest BCUT2D eigenvalue weighted by molar-refractivity contribution is -0.121. The first-order valence-corrected chi connectivity index (χ1v) is 11.0. The van der Waals surface area contributed by atoms with E-state index < -0.39 is 6.04 Å². The monoisotopic (exact) mass is 432 g/mol. The van der Waals surface area contributed by atoms with Crippen LogP contribution in [0.2, 0.25) is 0 Å². The second-order valence-corrected chi connectivity index (χ2v) is 8.49. The molecule has 1 fully saturated rings. The number of hydrogen-bond donors (Lipinski definition) is 2. The van der Waals surface area contributed by atoms with Crippen molar-refractivity contribution in [1.82, 2.24) is 24.9 Å². The number of benzene rings is 2. The molecule has 2 aromatic carbocycles. The number of hydrogen-bond acceptors (Lipinski definition) is 5. The molecule has 4 aromatic rings. The summed E-state index contributed by atoms with van der Waals surface area (Å²) in [5, 5.41) is 11.8. The molecular weight excluding hydrogens is 407 g/mol. The van der Waals surface area contributed by atoms with E-state index >= 15 is 0 Å². The Balaban J connectivity index is 1.71. The quantitative estimate of drug-likeness (QED) is 0.503. The van der Waals surface area contributed by atoms with Crippen molar-refractivity contribution in [3.05, 3.63) is 53.8 Å². The molecule has 1 atom stereocenters. The van der Waals surface area contributed by atoms with E-state index in [1.165, 1.54) is 12.1 Å². The van der Waals surface area contributed by atoms with Gasteiger partial charge in [-0.3, -0.25) is 4.79 Å². The fraction of sp³-hybridized carbons (Fsp3) is 0.333. The molecule has 7 nitrogen and oxygen atoms in total. The summed E-state index contributed by atoms with van der Waals surface area (Å²) in [6, 6.07) is 11.8. The van der Waals surface area contributed by atoms with Crippen molar-refractivity contribution in [1.29, 1.82) is 0 Å². The van der Waals surface area contributed by atoms with Crippen LogP contribution in [0.15, 0.2) is 42.5 Å². The molecule has 1 aliphatic heterocycles. The van der Waals surface area contributed by atoms with Crippen LogP contribution in [0.4, 0.5) is 10.3 Å². The number of nitrogens with one attached hydrogen (secondary N) is 2. The minimum absolute atomic E-state index is 0.0337. The molecule has 32 heavy (non-hydrogen) atoms. The van der Waals surface area contributed by atoms with Crippen LogP contribution in [-0.4, -0.2) is 38.1 Å². The van der Waals surface area contributed by atoms with Gasteiger partial charge in [0.05, 0.1) is 5.52 Å². The number of fused-ring (bicyclic) bond motifs is 3. The molecule has 0 spiro atoms. The van der Waals surface area contributed by atoms with Gasteiger partial charge in [0.2, 0.25) is 11.9 Å². The smallest absolute Gasteiger partial charge is 0.242 e. The van der Waals surface area contributed by atoms with Crippen LogP contribution < -0.4 is 10.6 Å². The van der Waals surface area contributed by atoms with Crippen molar-refractivity contribution >= 4 is 28.4 Å². The zero-order valence-corrected chi connectivity index (χ0v) is 18.1. The highest BCUT2D eigenvalue weighted by atomic mass is 19.1. The Morgan fingerprint density at radius 3 is 2.72 bits per heavy atom. The lowest BCUT2D eigenvalue weighted by Gasteiger charge is -2.18. The summed E-state index contributed by atoms with van der Waals surface area (Å²) in [6.07, 6.45) is 2.63. The van der Waals surface area contributed by atoms with E-state index in [9.17, 15) is 9.18 Å². The second-order valence-electron chi connectivity index (χ2n) is 8.49. The first kappa shape index (κ1) is 20.4. The molecule has 0 radical (unpaired) electrons. The Hall–Kier alpha value is -3.55. The molecule has 8 heteroatoms. The van der Waals surface area contributed by atoms with Crippen LogP contribution in [0.25, 0.3) is 27.9 Å². The summed E-state index contributed by atoms with van der Waals surface area (Å²) < 4.78 is 15.1. The molecule has 164 valence electrons. The third-order valence-electron chi connectivity index (χ3n) is 5.90. The fourth-order valence-electron chi connectivity index (χ4n) is 4.17. The summed E-state index contributed by atoms with van der Waals surface area (Å²) in [5.41, 5.74) is 3.30. The highest BCUT2D eigenvalue weighted by Gasteiger charge is 2.24. The van der Waals surface area contributed by atoms with E-state index in [-0.39, 0.29) is 17.6 Å². The largest absolute Gasteiger partial charge is 0.354 e. The minimum Gasteiger partial charge on any atom is -0.354 e. The average Bonchev–Trinajstić information content (AvgIpc) is 3.14. The van der Waals surface area contributed by atoms with Gasteiger partial charge in [0, 0.05) is 17.5 Å². The van der Waals surface area contributed by atoms with Gasteiger partial charge in [-0.25, -0.2) is 14.4 Å². The Labute approximate surface area is 185 Å². The second kappa shape index (κ2) is 8.18. The maximum absolute atomic E-state index is 13.4. The normalized spacial score (nSPS) is 17.0. The molecule has 0 aliphatic carbocycles. The van der Waals surface area contributed by atoms with E-state index in [1.54, 1.807) is 16.6 Å². The number of carbonyl (C=O) groups is 1. The predicted octanol–water partition coefficient (Wildman–Crippen LogP) is 4.29. The number of carbonyl (C=O) groups excluding carboxylic acids is 1. The van der Waals surface area contributed by atoms with Gasteiger partial charge >= 0.3 is 0 Å². The average molecular weight is 433 g/mol. The van der Waals surface area contributed by atoms with Crippen molar-refractivity contribution in [3.63, 3.8) is 0 Å². The van der Waals surface area contributed by atoms with Gasteiger partial charge in [-0.15, -0.1) is 5.10 Å². The van der Waals surface area contributed by atoms with Crippen LogP contribution in [0, 0.1) is 5.82 Å². The van der Waals surface area contributed by atoms with Gasteiger partial charge in [0.1, 0.15) is 11.9 Å². The molecule has 2 N–H and O–H groups in total. The number of anilines is 1. The van der Waals surface area contributed by atoms with Crippen LogP contribution in [0.5, 0.6) is 0 Å². The Bertz CT molecular complexity index is 1300. The summed E-state index contributed by atoms with van der Waals surface area (Å²) >= 11 is 0. The van der Waals surface area contributed by atoms with E-state index in [0.29, 0.717) is 29.5 Å². The molecule has 1 aliphatic rings. The minimum atomic E-state index is -0.393. The number of para-hydroxylation sites is 1. The van der Waals surface area contributed by atoms with Gasteiger partial charge < -0.3 is 10.6 Å². The molecule has 5 rings (SSSR count). The summed E-state index contributed by atoms with van der Waals surface area (Å²) in [4.78, 5) is 22.3. The van der Waals surface area contributed by atoms with Crippen molar-refractivity contribution in [2.75, 3.05) is 11.9 Å². The highest BCUT2D eigenvalue weighted by Crippen LogP contribution is 2.30. The standard InChI is InChI=1S/C24H25FN6O/c1-14(2)17-6-5-7-18-20(17)28-24(27-19-8-3-4-13-26-23(19)32)31-22(18)29-21(30-31)15-9-11-16(25)12-10-15/h5-7,9-12,14,19H,3-4,8,13H2,1-2H3,(H,26,32)(H,27,28)/t19-/m1/s1. The van der Waals surface area contributed by atoms with Crippen molar-refractivity contribution in [3.8, 4) is 11.4 Å². The van der Waals surface area contributed by atoms with Gasteiger partial charge in [-0.05, 0) is 61.1 Å². The van der Waals surface area contributed by atoms with Crippen LogP contribution in [0.1, 0.15) is 44.6 Å². The van der Waals surface area contributed by atoms with Crippen molar-refractivity contribution in [2.45, 2.75) is 45.1 Å². The number of halogens is 1. The summed E-state index contributed by atoms with van der Waals surface area (Å²) in [6.45, 7) is 4.94. The fourth-order valence-corrected chi connectivity index (χ4v) is 4.17. The lowest BCUT2D eigenvalue weighted by Crippen LogP contribution is -2.38. The van der Waals surface area contributed by atoms with E-state index in [1.807, 2.05) is 12.1 Å². The molecule has 1 amide bonds. The zero-order chi connectivity index (χ0) is 22.2. The van der Waals surface area contributed by atoms with Gasteiger partial charge in [-0.1, -0.05) is 26.0 Å². The van der Waals surface area contributed by atoms with Gasteiger partial charge in [0.15, 0.2) is 11.5 Å². The van der Waals surface area contributed by atoms with E-state index in [2.05, 4.69) is 35.6 Å². The summed E-state index contributed by atoms with van der Waals surface area (Å²) in [7, 11) is 0. The van der Waals surface area contributed by atoms with Crippen LogP contribution in [-0.2, 0) is 4.79 Å². The van der Waals surface area contributed by atoms with Gasteiger partial charge in [0.25, 0.3) is 0 Å². The van der Waals surface area contributed by atoms with Crippen LogP contribution in [0.3, 0.4) is 0 Å². The molecule has 0 bridgehead atoms. The lowest BCUT2D eigenvalue weighted by atomic mass is 10.0. The summed E-state index contributed by atoms with van der Waals surface area (Å²) in [5.74, 6) is 0.870. The molecule has 2 aromatic heterocycles.